The number of carboxylic acid groups (broad SMARTS) is 1. The number of ether oxygens (including phenoxy) is 1. The molecule has 2 N–H and O–H groups in total. The zero-order valence-corrected chi connectivity index (χ0v) is 13.8. The number of carbonyl (C=O) groups is 2. The number of alkyl carbamates (subject to hydrolysis) is 1. The number of halogens is 4. The number of alkyl halides is 3. The average molecular weight is 385 g/mol. The monoisotopic (exact) mass is 385 g/mol. The van der Waals surface area contributed by atoms with Crippen molar-refractivity contribution in [2.75, 3.05) is 0 Å². The van der Waals surface area contributed by atoms with Gasteiger partial charge in [-0.1, -0.05) is 30.3 Å². The maximum Gasteiger partial charge on any atom is 0.416 e. The molecule has 144 valence electrons. The Morgan fingerprint density at radius 1 is 1.11 bits per heavy atom. The van der Waals surface area contributed by atoms with Crippen molar-refractivity contribution < 1.29 is 37.0 Å². The van der Waals surface area contributed by atoms with E-state index in [2.05, 4.69) is 5.32 Å². The van der Waals surface area contributed by atoms with E-state index in [-0.39, 0.29) is 6.61 Å². The van der Waals surface area contributed by atoms with Crippen LogP contribution in [0.15, 0.2) is 48.5 Å². The van der Waals surface area contributed by atoms with Gasteiger partial charge in [0.1, 0.15) is 12.4 Å². The molecule has 2 rings (SSSR count). The maximum absolute atomic E-state index is 14.0. The van der Waals surface area contributed by atoms with Crippen LogP contribution >= 0.6 is 0 Å². The quantitative estimate of drug-likeness (QED) is 0.728. The molecule has 0 heterocycles. The standard InChI is InChI=1S/C18H15F4NO4/c19-14-7-6-12(18(20,21)22)8-13(14)15(9-16(24)25)23-17(26)27-10-11-4-2-1-3-5-11/h1-8,15H,9-10H2,(H,23,26)(H,24,25)/t15-/m1/s1. The van der Waals surface area contributed by atoms with Gasteiger partial charge in [-0.2, -0.15) is 13.2 Å². The van der Waals surface area contributed by atoms with E-state index in [9.17, 15) is 27.2 Å². The van der Waals surface area contributed by atoms with Gasteiger partial charge in [0.25, 0.3) is 0 Å². The van der Waals surface area contributed by atoms with Gasteiger partial charge in [-0.15, -0.1) is 0 Å². The molecule has 2 aromatic rings. The molecule has 0 aromatic heterocycles. The second-order valence-corrected chi connectivity index (χ2v) is 5.59. The summed E-state index contributed by atoms with van der Waals surface area (Å²) >= 11 is 0. The van der Waals surface area contributed by atoms with Gasteiger partial charge in [0.2, 0.25) is 0 Å². The van der Waals surface area contributed by atoms with Gasteiger partial charge in [-0.3, -0.25) is 4.79 Å². The molecule has 0 radical (unpaired) electrons. The number of rotatable bonds is 6. The van der Waals surface area contributed by atoms with Gasteiger partial charge in [-0.05, 0) is 23.8 Å². The molecular formula is C18H15F4NO4. The van der Waals surface area contributed by atoms with Gasteiger partial charge in [-0.25, -0.2) is 9.18 Å². The molecule has 0 aliphatic carbocycles. The van der Waals surface area contributed by atoms with Crippen LogP contribution in [0, 0.1) is 5.82 Å². The fourth-order valence-electron chi connectivity index (χ4n) is 2.31. The second kappa shape index (κ2) is 8.52. The van der Waals surface area contributed by atoms with E-state index in [4.69, 9.17) is 9.84 Å². The number of nitrogens with one attached hydrogen (secondary N) is 1. The molecular weight excluding hydrogens is 370 g/mol. The van der Waals surface area contributed by atoms with Crippen molar-refractivity contribution in [2.24, 2.45) is 0 Å². The molecule has 0 fully saturated rings. The predicted molar refractivity (Wildman–Crippen MR) is 86.2 cm³/mol. The van der Waals surface area contributed by atoms with Crippen LogP contribution in [0.3, 0.4) is 0 Å². The largest absolute Gasteiger partial charge is 0.481 e. The van der Waals surface area contributed by atoms with Crippen molar-refractivity contribution in [3.05, 3.63) is 71.0 Å². The summed E-state index contributed by atoms with van der Waals surface area (Å²) in [7, 11) is 0. The first kappa shape index (κ1) is 20.2. The molecule has 1 amide bonds. The Bertz CT molecular complexity index is 809. The van der Waals surface area contributed by atoms with Gasteiger partial charge < -0.3 is 15.2 Å². The molecule has 27 heavy (non-hydrogen) atoms. The SMILES string of the molecule is O=C(O)C[C@@H](NC(=O)OCc1ccccc1)c1cc(C(F)(F)F)ccc1F. The van der Waals surface area contributed by atoms with E-state index in [0.717, 1.165) is 0 Å². The Hall–Kier alpha value is -3.10. The van der Waals surface area contributed by atoms with Crippen LogP contribution in [-0.2, 0) is 22.3 Å². The van der Waals surface area contributed by atoms with Crippen molar-refractivity contribution in [2.45, 2.75) is 25.2 Å². The van der Waals surface area contributed by atoms with E-state index >= 15 is 0 Å². The third-order valence-corrected chi connectivity index (χ3v) is 3.58. The fraction of sp³-hybridized carbons (Fsp3) is 0.222. The Morgan fingerprint density at radius 3 is 2.37 bits per heavy atom. The molecule has 9 heteroatoms. The molecule has 5 nitrogen and oxygen atoms in total. The van der Waals surface area contributed by atoms with E-state index in [1.165, 1.54) is 0 Å². The summed E-state index contributed by atoms with van der Waals surface area (Å²) in [6.07, 6.45) is -6.65. The minimum Gasteiger partial charge on any atom is -0.481 e. The summed E-state index contributed by atoms with van der Waals surface area (Å²) in [6.45, 7) is -0.141. The number of carbonyl (C=O) groups excluding carboxylic acids is 1. The third-order valence-electron chi connectivity index (χ3n) is 3.58. The van der Waals surface area contributed by atoms with E-state index in [1.807, 2.05) is 0 Å². The Morgan fingerprint density at radius 2 is 1.78 bits per heavy atom. The highest BCUT2D eigenvalue weighted by Crippen LogP contribution is 2.32. The smallest absolute Gasteiger partial charge is 0.416 e. The molecule has 0 spiro atoms. The van der Waals surface area contributed by atoms with Crippen LogP contribution in [0.5, 0.6) is 0 Å². The molecule has 2 aromatic carbocycles. The van der Waals surface area contributed by atoms with Crippen LogP contribution in [0.1, 0.15) is 29.2 Å². The second-order valence-electron chi connectivity index (χ2n) is 5.59. The number of carboxylic acids is 1. The van der Waals surface area contributed by atoms with Gasteiger partial charge in [0, 0.05) is 5.56 Å². The minimum atomic E-state index is -4.75. The lowest BCUT2D eigenvalue weighted by Gasteiger charge is -2.19. The van der Waals surface area contributed by atoms with Gasteiger partial charge in [0.05, 0.1) is 18.0 Å². The van der Waals surface area contributed by atoms with Crippen molar-refractivity contribution in [1.29, 1.82) is 0 Å². The van der Waals surface area contributed by atoms with Crippen LogP contribution in [0.25, 0.3) is 0 Å². The van der Waals surface area contributed by atoms with Gasteiger partial charge in [0.15, 0.2) is 0 Å². The summed E-state index contributed by atoms with van der Waals surface area (Å²) in [5, 5.41) is 11.1. The molecule has 0 aliphatic heterocycles. The summed E-state index contributed by atoms with van der Waals surface area (Å²) in [4.78, 5) is 22.9. The van der Waals surface area contributed by atoms with Crippen molar-refractivity contribution in [3.8, 4) is 0 Å². The minimum absolute atomic E-state index is 0.141. The van der Waals surface area contributed by atoms with Crippen LogP contribution in [0.2, 0.25) is 0 Å². The van der Waals surface area contributed by atoms with E-state index < -0.39 is 47.6 Å². The van der Waals surface area contributed by atoms with Crippen LogP contribution < -0.4 is 5.32 Å². The predicted octanol–water partition coefficient (Wildman–Crippen LogP) is 4.29. The third kappa shape index (κ3) is 5.98. The van der Waals surface area contributed by atoms with E-state index in [0.29, 0.717) is 23.8 Å². The molecule has 0 saturated heterocycles. The van der Waals surface area contributed by atoms with Crippen molar-refractivity contribution in [1.82, 2.24) is 5.32 Å². The first-order valence-electron chi connectivity index (χ1n) is 7.72. The summed E-state index contributed by atoms with van der Waals surface area (Å²) in [6, 6.07) is 8.57. The number of hydrogen-bond acceptors (Lipinski definition) is 3. The normalized spacial score (nSPS) is 12.3. The highest BCUT2D eigenvalue weighted by molar-refractivity contribution is 5.72. The van der Waals surface area contributed by atoms with Crippen molar-refractivity contribution >= 4 is 12.1 Å². The molecule has 0 saturated carbocycles. The Kier molecular flexibility index (Phi) is 6.38. The Balaban J connectivity index is 2.17. The molecule has 1 atom stereocenters. The number of hydrogen-bond donors (Lipinski definition) is 2. The lowest BCUT2D eigenvalue weighted by molar-refractivity contribution is -0.138. The highest BCUT2D eigenvalue weighted by atomic mass is 19.4. The van der Waals surface area contributed by atoms with Crippen LogP contribution in [-0.4, -0.2) is 17.2 Å². The lowest BCUT2D eigenvalue weighted by atomic mass is 10.0. The number of aliphatic carboxylic acids is 1. The summed E-state index contributed by atoms with van der Waals surface area (Å²) < 4.78 is 57.5. The zero-order chi connectivity index (χ0) is 20.0. The summed E-state index contributed by atoms with van der Waals surface area (Å²) in [5.41, 5.74) is -1.11. The molecule has 0 unspecified atom stereocenters. The number of benzene rings is 2. The van der Waals surface area contributed by atoms with Crippen molar-refractivity contribution in [3.63, 3.8) is 0 Å². The average Bonchev–Trinajstić information content (AvgIpc) is 2.59. The van der Waals surface area contributed by atoms with Gasteiger partial charge >= 0.3 is 18.2 Å². The number of amides is 1. The first-order chi connectivity index (χ1) is 12.7. The Labute approximate surface area is 151 Å². The zero-order valence-electron chi connectivity index (χ0n) is 13.8. The lowest BCUT2D eigenvalue weighted by Crippen LogP contribution is -2.31. The molecule has 0 aliphatic rings. The molecule has 0 bridgehead atoms. The first-order valence-corrected chi connectivity index (χ1v) is 7.72. The fourth-order valence-corrected chi connectivity index (χ4v) is 2.31. The summed E-state index contributed by atoms with van der Waals surface area (Å²) in [5.74, 6) is -2.50. The van der Waals surface area contributed by atoms with Crippen LogP contribution in [0.4, 0.5) is 22.4 Å². The topological polar surface area (TPSA) is 75.6 Å². The maximum atomic E-state index is 14.0. The highest BCUT2D eigenvalue weighted by Gasteiger charge is 2.32. The van der Waals surface area contributed by atoms with E-state index in [1.54, 1.807) is 30.3 Å².